The van der Waals surface area contributed by atoms with Gasteiger partial charge in [0.2, 0.25) is 0 Å². The molecule has 0 aliphatic heterocycles. The topological polar surface area (TPSA) is 52.6 Å². The number of methoxy groups -OCH3 is 1. The first-order chi connectivity index (χ1) is 14.7. The van der Waals surface area contributed by atoms with Crippen molar-refractivity contribution in [1.82, 2.24) is 0 Å². The summed E-state index contributed by atoms with van der Waals surface area (Å²) in [6.45, 7) is 8.97. The Bertz CT molecular complexity index is 742. The van der Waals surface area contributed by atoms with Crippen molar-refractivity contribution in [3.63, 3.8) is 0 Å². The van der Waals surface area contributed by atoms with Crippen LogP contribution in [0.5, 0.6) is 0 Å². The second-order valence-corrected chi connectivity index (χ2v) is 11.6. The maximum absolute atomic E-state index is 11.7. The number of carbonyl (C=O) groups is 2. The molecule has 0 radical (unpaired) electrons. The van der Waals surface area contributed by atoms with Crippen molar-refractivity contribution in [2.45, 2.75) is 98.0 Å². The molecule has 4 nitrogen and oxygen atoms in total. The molecule has 3 fully saturated rings. The van der Waals surface area contributed by atoms with E-state index < -0.39 is 0 Å². The van der Waals surface area contributed by atoms with Crippen LogP contribution in [-0.4, -0.2) is 25.2 Å². The highest BCUT2D eigenvalue weighted by molar-refractivity contribution is 5.69. The number of hydrogen-bond donors (Lipinski definition) is 0. The van der Waals surface area contributed by atoms with Crippen molar-refractivity contribution in [3.05, 3.63) is 11.6 Å². The molecule has 0 N–H and O–H groups in total. The minimum absolute atomic E-state index is 0.0718. The van der Waals surface area contributed by atoms with Gasteiger partial charge in [0.05, 0.1) is 7.11 Å². The summed E-state index contributed by atoms with van der Waals surface area (Å²) in [7, 11) is 1.49. The number of fused-ring (bicyclic) bond motifs is 5. The average molecular weight is 431 g/mol. The van der Waals surface area contributed by atoms with Crippen molar-refractivity contribution in [2.24, 2.45) is 40.4 Å². The summed E-state index contributed by atoms with van der Waals surface area (Å²) in [6.07, 6.45) is 13.7. The maximum Gasteiger partial charge on any atom is 0.305 e. The van der Waals surface area contributed by atoms with Crippen LogP contribution >= 0.6 is 0 Å². The molecule has 0 saturated heterocycles. The van der Waals surface area contributed by atoms with Crippen molar-refractivity contribution in [3.8, 4) is 0 Å². The summed E-state index contributed by atoms with van der Waals surface area (Å²) in [6, 6.07) is 0. The fourth-order valence-electron chi connectivity index (χ4n) is 8.59. The number of ether oxygens (including phenoxy) is 2. The lowest BCUT2D eigenvalue weighted by Gasteiger charge is -2.58. The fraction of sp³-hybridized carbons (Fsp3) is 0.852. The highest BCUT2D eigenvalue weighted by atomic mass is 16.5. The third-order valence-corrected chi connectivity index (χ3v) is 10.2. The van der Waals surface area contributed by atoms with Gasteiger partial charge in [0, 0.05) is 19.8 Å². The predicted octanol–water partition coefficient (Wildman–Crippen LogP) is 6.09. The first kappa shape index (κ1) is 22.9. The largest absolute Gasteiger partial charge is 0.469 e. The second kappa shape index (κ2) is 8.56. The molecule has 0 amide bonds. The molecule has 174 valence electrons. The van der Waals surface area contributed by atoms with E-state index in [2.05, 4.69) is 26.8 Å². The quantitative estimate of drug-likeness (QED) is 0.391. The molecule has 0 aromatic rings. The zero-order valence-corrected chi connectivity index (χ0v) is 20.2. The summed E-state index contributed by atoms with van der Waals surface area (Å²) >= 11 is 0. The van der Waals surface area contributed by atoms with Crippen LogP contribution in [0.3, 0.4) is 0 Å². The van der Waals surface area contributed by atoms with E-state index in [0.29, 0.717) is 17.8 Å². The average Bonchev–Trinajstić information content (AvgIpc) is 3.09. The minimum atomic E-state index is -0.144. The molecule has 4 heteroatoms. The number of rotatable bonds is 5. The molecule has 8 atom stereocenters. The van der Waals surface area contributed by atoms with Crippen molar-refractivity contribution in [2.75, 3.05) is 7.11 Å². The van der Waals surface area contributed by atoms with E-state index in [4.69, 9.17) is 9.47 Å². The smallest absolute Gasteiger partial charge is 0.305 e. The Morgan fingerprint density at radius 2 is 1.90 bits per heavy atom. The monoisotopic (exact) mass is 430 g/mol. The van der Waals surface area contributed by atoms with Crippen molar-refractivity contribution < 1.29 is 19.1 Å². The summed E-state index contributed by atoms with van der Waals surface area (Å²) in [5.41, 5.74) is 2.26. The van der Waals surface area contributed by atoms with Gasteiger partial charge in [0.15, 0.2) is 0 Å². The molecular weight excluding hydrogens is 388 g/mol. The molecule has 0 spiro atoms. The van der Waals surface area contributed by atoms with Crippen LogP contribution in [0.2, 0.25) is 0 Å². The zero-order chi connectivity index (χ0) is 22.4. The lowest BCUT2D eigenvalue weighted by molar-refractivity contribution is -0.148. The molecule has 0 bridgehead atoms. The van der Waals surface area contributed by atoms with Gasteiger partial charge in [0.25, 0.3) is 0 Å². The standard InChI is InChI=1S/C27H42O4/c1-17(6-11-25(29)30-5)22-9-10-23-21-8-7-19-16-20(31-18(2)28)12-14-26(19,3)24(21)13-15-27(22,23)4/h7,17,20-24H,6,8-16H2,1-5H3/t17-,20+,21?,22?,23?,24?,26+,27-/m1/s1. The number of esters is 2. The third-order valence-electron chi connectivity index (χ3n) is 10.2. The van der Waals surface area contributed by atoms with Gasteiger partial charge in [-0.05, 0) is 91.8 Å². The van der Waals surface area contributed by atoms with E-state index >= 15 is 0 Å². The van der Waals surface area contributed by atoms with Gasteiger partial charge in [-0.1, -0.05) is 32.4 Å². The fourth-order valence-corrected chi connectivity index (χ4v) is 8.59. The van der Waals surface area contributed by atoms with Gasteiger partial charge < -0.3 is 9.47 Å². The van der Waals surface area contributed by atoms with Crippen molar-refractivity contribution >= 4 is 11.9 Å². The van der Waals surface area contributed by atoms with E-state index in [0.717, 1.165) is 49.4 Å². The van der Waals surface area contributed by atoms with Crippen LogP contribution in [0.25, 0.3) is 0 Å². The normalized spacial score (nSPS) is 42.5. The lowest BCUT2D eigenvalue weighted by Crippen LogP contribution is -2.51. The first-order valence-electron chi connectivity index (χ1n) is 12.6. The Hall–Kier alpha value is -1.32. The second-order valence-electron chi connectivity index (χ2n) is 11.6. The van der Waals surface area contributed by atoms with Crippen LogP contribution in [-0.2, 0) is 19.1 Å². The summed E-state index contributed by atoms with van der Waals surface area (Å²) in [4.78, 5) is 23.1. The molecule has 31 heavy (non-hydrogen) atoms. The van der Waals surface area contributed by atoms with E-state index in [1.54, 1.807) is 5.57 Å². The lowest BCUT2D eigenvalue weighted by atomic mass is 9.47. The molecular formula is C27H42O4. The summed E-state index contributed by atoms with van der Waals surface area (Å²) in [5, 5.41) is 0. The van der Waals surface area contributed by atoms with Gasteiger partial charge in [-0.2, -0.15) is 0 Å². The van der Waals surface area contributed by atoms with Gasteiger partial charge in [-0.25, -0.2) is 0 Å². The summed E-state index contributed by atoms with van der Waals surface area (Å²) < 4.78 is 10.5. The first-order valence-corrected chi connectivity index (χ1v) is 12.6. The molecule has 4 aliphatic carbocycles. The molecule has 0 heterocycles. The van der Waals surface area contributed by atoms with E-state index in [-0.39, 0.29) is 23.5 Å². The van der Waals surface area contributed by atoms with Crippen LogP contribution in [0.1, 0.15) is 91.9 Å². The van der Waals surface area contributed by atoms with E-state index in [1.807, 2.05) is 0 Å². The predicted molar refractivity (Wildman–Crippen MR) is 121 cm³/mol. The SMILES string of the molecule is COC(=O)CC[C@@H](C)C1CCC2C3CC=C4C[C@@H](OC(C)=O)CC[C@]4(C)C3CC[C@@]21C. The Morgan fingerprint density at radius 3 is 2.61 bits per heavy atom. The highest BCUT2D eigenvalue weighted by Gasteiger charge is 2.59. The zero-order valence-electron chi connectivity index (χ0n) is 20.2. The number of carbonyl (C=O) groups excluding carboxylic acids is 2. The summed E-state index contributed by atoms with van der Waals surface area (Å²) in [5.74, 6) is 3.45. The Labute approximate surface area is 188 Å². The third kappa shape index (κ3) is 3.97. The maximum atomic E-state index is 11.7. The molecule has 4 unspecified atom stereocenters. The Balaban J connectivity index is 1.48. The van der Waals surface area contributed by atoms with Crippen LogP contribution in [0, 0.1) is 40.4 Å². The van der Waals surface area contributed by atoms with Gasteiger partial charge >= 0.3 is 11.9 Å². The molecule has 0 aromatic carbocycles. The Morgan fingerprint density at radius 1 is 1.13 bits per heavy atom. The molecule has 4 aliphatic rings. The van der Waals surface area contributed by atoms with Crippen molar-refractivity contribution in [1.29, 1.82) is 0 Å². The van der Waals surface area contributed by atoms with Crippen LogP contribution in [0.15, 0.2) is 11.6 Å². The van der Waals surface area contributed by atoms with Gasteiger partial charge in [-0.15, -0.1) is 0 Å². The highest BCUT2D eigenvalue weighted by Crippen LogP contribution is 2.67. The number of allylic oxidation sites excluding steroid dienone is 1. The van der Waals surface area contributed by atoms with Gasteiger partial charge in [-0.3, -0.25) is 9.59 Å². The molecule has 4 rings (SSSR count). The van der Waals surface area contributed by atoms with Gasteiger partial charge in [0.1, 0.15) is 6.10 Å². The van der Waals surface area contributed by atoms with E-state index in [1.165, 1.54) is 46.1 Å². The molecule has 3 saturated carbocycles. The van der Waals surface area contributed by atoms with E-state index in [9.17, 15) is 9.59 Å². The number of hydrogen-bond acceptors (Lipinski definition) is 4. The minimum Gasteiger partial charge on any atom is -0.469 e. The van der Waals surface area contributed by atoms with Crippen LogP contribution < -0.4 is 0 Å². The molecule has 0 aromatic heterocycles. The van der Waals surface area contributed by atoms with Crippen LogP contribution in [0.4, 0.5) is 0 Å². The Kier molecular flexibility index (Phi) is 6.31.